The summed E-state index contributed by atoms with van der Waals surface area (Å²) in [6.45, 7) is 2.84. The summed E-state index contributed by atoms with van der Waals surface area (Å²) in [5.74, 6) is 1.72. The molecule has 0 aliphatic carbocycles. The molecule has 0 amide bonds. The van der Waals surface area contributed by atoms with E-state index < -0.39 is 0 Å². The molecule has 0 aromatic carbocycles. The van der Waals surface area contributed by atoms with Crippen LogP contribution in [0.3, 0.4) is 0 Å². The Morgan fingerprint density at radius 3 is 2.75 bits per heavy atom. The predicted molar refractivity (Wildman–Crippen MR) is 87.5 cm³/mol. The van der Waals surface area contributed by atoms with Crippen molar-refractivity contribution < 1.29 is 4.74 Å². The molecule has 0 spiro atoms. The second-order valence-corrected chi connectivity index (χ2v) is 5.39. The average Bonchev–Trinajstić information content (AvgIpc) is 3.11. The van der Waals surface area contributed by atoms with E-state index in [1.54, 1.807) is 19.4 Å². The SMILES string of the molecule is COc1ccnc(N2CCN(c3nc4[nH]ncc4c(=O)[nH]3)CC2)n1. The normalized spacial score (nSPS) is 15.0. The minimum absolute atomic E-state index is 0.192. The molecule has 24 heavy (non-hydrogen) atoms. The van der Waals surface area contributed by atoms with Gasteiger partial charge in [-0.05, 0) is 0 Å². The van der Waals surface area contributed by atoms with Crippen molar-refractivity contribution in [1.29, 1.82) is 0 Å². The first-order valence-electron chi connectivity index (χ1n) is 7.55. The van der Waals surface area contributed by atoms with Crippen LogP contribution in [0.25, 0.3) is 11.0 Å². The van der Waals surface area contributed by atoms with E-state index in [4.69, 9.17) is 4.74 Å². The summed E-state index contributed by atoms with van der Waals surface area (Å²) in [6, 6.07) is 1.72. The number of ether oxygens (including phenoxy) is 1. The van der Waals surface area contributed by atoms with Crippen LogP contribution in [-0.4, -0.2) is 63.4 Å². The molecule has 1 aliphatic rings. The summed E-state index contributed by atoms with van der Waals surface area (Å²) in [6.07, 6.45) is 3.15. The number of fused-ring (bicyclic) bond motifs is 1. The standard InChI is InChI=1S/C14H16N8O2/c1-24-10-2-3-15-13(17-10)21-4-6-22(7-5-21)14-18-11-9(8-16-20-11)12(23)19-14/h2-3,8H,4-7H2,1H3,(H2,16,18,19,20,23). The van der Waals surface area contributed by atoms with Gasteiger partial charge in [0.2, 0.25) is 17.8 Å². The average molecular weight is 328 g/mol. The molecule has 0 unspecified atom stereocenters. The number of nitrogens with zero attached hydrogens (tertiary/aromatic N) is 6. The van der Waals surface area contributed by atoms with Gasteiger partial charge in [0.05, 0.1) is 13.3 Å². The van der Waals surface area contributed by atoms with Gasteiger partial charge >= 0.3 is 0 Å². The number of nitrogens with one attached hydrogen (secondary N) is 2. The monoisotopic (exact) mass is 328 g/mol. The Labute approximate surface area is 136 Å². The summed E-state index contributed by atoms with van der Waals surface area (Å²) in [7, 11) is 1.58. The summed E-state index contributed by atoms with van der Waals surface area (Å²) < 4.78 is 5.14. The third kappa shape index (κ3) is 2.51. The van der Waals surface area contributed by atoms with Crippen LogP contribution in [0.1, 0.15) is 0 Å². The lowest BCUT2D eigenvalue weighted by molar-refractivity contribution is 0.396. The highest BCUT2D eigenvalue weighted by Gasteiger charge is 2.21. The lowest BCUT2D eigenvalue weighted by Gasteiger charge is -2.34. The molecule has 4 rings (SSSR count). The molecule has 0 saturated carbocycles. The van der Waals surface area contributed by atoms with Gasteiger partial charge < -0.3 is 14.5 Å². The van der Waals surface area contributed by atoms with Crippen LogP contribution < -0.4 is 20.1 Å². The zero-order valence-corrected chi connectivity index (χ0v) is 13.1. The zero-order valence-electron chi connectivity index (χ0n) is 13.1. The van der Waals surface area contributed by atoms with Crippen molar-refractivity contribution in [2.24, 2.45) is 0 Å². The summed E-state index contributed by atoms with van der Waals surface area (Å²) in [4.78, 5) is 32.0. The molecular formula is C14H16N8O2. The Hall–Kier alpha value is -3.17. The fourth-order valence-corrected chi connectivity index (χ4v) is 2.70. The quantitative estimate of drug-likeness (QED) is 0.677. The van der Waals surface area contributed by atoms with Crippen molar-refractivity contribution in [3.63, 3.8) is 0 Å². The Bertz CT molecular complexity index is 912. The smallest absolute Gasteiger partial charge is 0.263 e. The first-order valence-corrected chi connectivity index (χ1v) is 7.55. The number of aromatic amines is 2. The second-order valence-electron chi connectivity index (χ2n) is 5.39. The molecule has 0 bridgehead atoms. The molecule has 0 atom stereocenters. The van der Waals surface area contributed by atoms with Crippen molar-refractivity contribution in [1.82, 2.24) is 30.1 Å². The topological polar surface area (TPSA) is 116 Å². The van der Waals surface area contributed by atoms with Crippen LogP contribution in [0.15, 0.2) is 23.3 Å². The Kier molecular flexibility index (Phi) is 3.48. The highest BCUT2D eigenvalue weighted by molar-refractivity contribution is 5.73. The third-order valence-electron chi connectivity index (χ3n) is 4.00. The molecule has 10 heteroatoms. The number of hydrogen-bond acceptors (Lipinski definition) is 8. The number of methoxy groups -OCH3 is 1. The molecule has 1 saturated heterocycles. The van der Waals surface area contributed by atoms with Crippen molar-refractivity contribution in [2.75, 3.05) is 43.1 Å². The minimum atomic E-state index is -0.192. The Balaban J connectivity index is 1.51. The van der Waals surface area contributed by atoms with E-state index >= 15 is 0 Å². The van der Waals surface area contributed by atoms with Gasteiger partial charge in [0.25, 0.3) is 5.56 Å². The van der Waals surface area contributed by atoms with E-state index in [1.165, 1.54) is 6.20 Å². The molecule has 3 aromatic rings. The van der Waals surface area contributed by atoms with Gasteiger partial charge in [0, 0.05) is 38.4 Å². The molecule has 1 aliphatic heterocycles. The van der Waals surface area contributed by atoms with Crippen LogP contribution >= 0.6 is 0 Å². The maximum absolute atomic E-state index is 12.0. The molecule has 1 fully saturated rings. The largest absolute Gasteiger partial charge is 0.481 e. The highest BCUT2D eigenvalue weighted by atomic mass is 16.5. The maximum Gasteiger partial charge on any atom is 0.263 e. The Morgan fingerprint density at radius 2 is 1.96 bits per heavy atom. The van der Waals surface area contributed by atoms with E-state index in [2.05, 4.69) is 35.0 Å². The van der Waals surface area contributed by atoms with Crippen molar-refractivity contribution in [3.05, 3.63) is 28.8 Å². The van der Waals surface area contributed by atoms with Crippen molar-refractivity contribution >= 4 is 22.9 Å². The fourth-order valence-electron chi connectivity index (χ4n) is 2.70. The fraction of sp³-hybridized carbons (Fsp3) is 0.357. The first kappa shape index (κ1) is 14.4. The summed E-state index contributed by atoms with van der Waals surface area (Å²) in [5.41, 5.74) is 0.301. The molecule has 3 aromatic heterocycles. The summed E-state index contributed by atoms with van der Waals surface area (Å²) >= 11 is 0. The molecule has 2 N–H and O–H groups in total. The summed E-state index contributed by atoms with van der Waals surface area (Å²) in [5, 5.41) is 7.05. The molecular weight excluding hydrogens is 312 g/mol. The molecule has 0 radical (unpaired) electrons. The van der Waals surface area contributed by atoms with Crippen molar-refractivity contribution in [2.45, 2.75) is 0 Å². The Morgan fingerprint density at radius 1 is 1.17 bits per heavy atom. The number of rotatable bonds is 3. The number of hydrogen-bond donors (Lipinski definition) is 2. The molecule has 10 nitrogen and oxygen atoms in total. The van der Waals surface area contributed by atoms with Gasteiger partial charge in [-0.25, -0.2) is 4.98 Å². The van der Waals surface area contributed by atoms with E-state index in [9.17, 15) is 4.79 Å². The lowest BCUT2D eigenvalue weighted by Crippen LogP contribution is -2.48. The van der Waals surface area contributed by atoms with Crippen LogP contribution in [-0.2, 0) is 0 Å². The number of aromatic nitrogens is 6. The van der Waals surface area contributed by atoms with E-state index in [0.717, 1.165) is 13.1 Å². The van der Waals surface area contributed by atoms with E-state index in [1.807, 2.05) is 4.90 Å². The number of piperazine rings is 1. The molecule has 124 valence electrons. The number of anilines is 2. The predicted octanol–water partition coefficient (Wildman–Crippen LogP) is -0.229. The van der Waals surface area contributed by atoms with Crippen LogP contribution in [0.5, 0.6) is 5.88 Å². The number of H-pyrrole nitrogens is 2. The van der Waals surface area contributed by atoms with Crippen LogP contribution in [0, 0.1) is 0 Å². The van der Waals surface area contributed by atoms with Crippen molar-refractivity contribution in [3.8, 4) is 5.88 Å². The van der Waals surface area contributed by atoms with Crippen LogP contribution in [0.2, 0.25) is 0 Å². The van der Waals surface area contributed by atoms with Gasteiger partial charge in [-0.1, -0.05) is 0 Å². The first-order chi connectivity index (χ1) is 11.7. The van der Waals surface area contributed by atoms with Crippen LogP contribution in [0.4, 0.5) is 11.9 Å². The van der Waals surface area contributed by atoms with Gasteiger partial charge in [0.15, 0.2) is 5.65 Å². The van der Waals surface area contributed by atoms with Gasteiger partial charge in [-0.15, -0.1) is 0 Å². The van der Waals surface area contributed by atoms with E-state index in [0.29, 0.717) is 41.9 Å². The maximum atomic E-state index is 12.0. The third-order valence-corrected chi connectivity index (χ3v) is 4.00. The zero-order chi connectivity index (χ0) is 16.5. The highest BCUT2D eigenvalue weighted by Crippen LogP contribution is 2.17. The van der Waals surface area contributed by atoms with Gasteiger partial charge in [0.1, 0.15) is 5.39 Å². The molecule has 4 heterocycles. The van der Waals surface area contributed by atoms with Gasteiger partial charge in [-0.2, -0.15) is 15.1 Å². The van der Waals surface area contributed by atoms with E-state index in [-0.39, 0.29) is 5.56 Å². The second kappa shape index (κ2) is 5.80. The van der Waals surface area contributed by atoms with Gasteiger partial charge in [-0.3, -0.25) is 14.9 Å². The lowest BCUT2D eigenvalue weighted by atomic mass is 10.3. The minimum Gasteiger partial charge on any atom is -0.481 e.